The Bertz CT molecular complexity index is 991. The van der Waals surface area contributed by atoms with Crippen molar-refractivity contribution in [3.63, 3.8) is 0 Å². The normalized spacial score (nSPS) is 20.4. The van der Waals surface area contributed by atoms with Crippen LogP contribution >= 0.6 is 0 Å². The third-order valence-electron chi connectivity index (χ3n) is 6.62. The molecule has 168 valence electrons. The lowest BCUT2D eigenvalue weighted by molar-refractivity contribution is -0.142. The Morgan fingerprint density at radius 1 is 1.03 bits per heavy atom. The molecule has 7 heteroatoms. The highest BCUT2D eigenvalue weighted by atomic mass is 16.5. The molecular formula is C25H28N2O5. The first kappa shape index (κ1) is 21.9. The van der Waals surface area contributed by atoms with E-state index in [0.717, 1.165) is 11.1 Å². The molecule has 2 aliphatic carbocycles. The summed E-state index contributed by atoms with van der Waals surface area (Å²) >= 11 is 0. The second-order valence-electron chi connectivity index (χ2n) is 8.73. The van der Waals surface area contributed by atoms with E-state index >= 15 is 0 Å². The van der Waals surface area contributed by atoms with Gasteiger partial charge in [0.25, 0.3) is 0 Å². The quantitative estimate of drug-likeness (QED) is 0.588. The fourth-order valence-electron chi connectivity index (χ4n) is 4.33. The molecule has 2 aromatic rings. The van der Waals surface area contributed by atoms with Crippen molar-refractivity contribution in [1.82, 2.24) is 10.6 Å². The highest BCUT2D eigenvalue weighted by molar-refractivity contribution is 5.83. The Morgan fingerprint density at radius 3 is 2.22 bits per heavy atom. The van der Waals surface area contributed by atoms with Crippen LogP contribution in [0.1, 0.15) is 37.3 Å². The molecule has 1 fully saturated rings. The average molecular weight is 437 g/mol. The van der Waals surface area contributed by atoms with Crippen LogP contribution in [0.3, 0.4) is 0 Å². The van der Waals surface area contributed by atoms with Crippen LogP contribution in [0.4, 0.5) is 4.79 Å². The summed E-state index contributed by atoms with van der Waals surface area (Å²) in [7, 11) is 0. The summed E-state index contributed by atoms with van der Waals surface area (Å²) in [5.41, 5.74) is 4.67. The van der Waals surface area contributed by atoms with Gasteiger partial charge in [-0.1, -0.05) is 48.5 Å². The number of benzene rings is 2. The van der Waals surface area contributed by atoms with Crippen molar-refractivity contribution in [2.75, 3.05) is 13.2 Å². The largest absolute Gasteiger partial charge is 0.481 e. The number of hydrogen-bond acceptors (Lipinski definition) is 4. The third kappa shape index (κ3) is 4.47. The van der Waals surface area contributed by atoms with E-state index in [1.54, 1.807) is 13.8 Å². The predicted octanol–water partition coefficient (Wildman–Crippen LogP) is 3.39. The summed E-state index contributed by atoms with van der Waals surface area (Å²) in [6.45, 7) is 3.86. The van der Waals surface area contributed by atoms with E-state index in [9.17, 15) is 14.4 Å². The molecule has 2 aromatic carbocycles. The summed E-state index contributed by atoms with van der Waals surface area (Å²) in [5, 5.41) is 14.6. The summed E-state index contributed by atoms with van der Waals surface area (Å²) < 4.78 is 5.52. The molecular weight excluding hydrogens is 408 g/mol. The maximum absolute atomic E-state index is 12.3. The number of rotatable bonds is 8. The van der Waals surface area contributed by atoms with Gasteiger partial charge in [-0.25, -0.2) is 4.79 Å². The van der Waals surface area contributed by atoms with E-state index < -0.39 is 24.0 Å². The van der Waals surface area contributed by atoms with Crippen LogP contribution in [0.15, 0.2) is 48.5 Å². The number of aliphatic carboxylic acids is 1. The van der Waals surface area contributed by atoms with Crippen LogP contribution < -0.4 is 10.6 Å². The van der Waals surface area contributed by atoms with E-state index in [1.807, 2.05) is 24.3 Å². The van der Waals surface area contributed by atoms with Crippen LogP contribution in [0.25, 0.3) is 11.1 Å². The zero-order valence-electron chi connectivity index (χ0n) is 18.2. The Kier molecular flexibility index (Phi) is 6.17. The van der Waals surface area contributed by atoms with Gasteiger partial charge in [-0.15, -0.1) is 0 Å². The number of carbonyl (C=O) groups excluding carboxylic acids is 2. The molecule has 2 amide bonds. The molecule has 0 spiro atoms. The van der Waals surface area contributed by atoms with Crippen molar-refractivity contribution >= 4 is 18.0 Å². The summed E-state index contributed by atoms with van der Waals surface area (Å²) in [6, 6.07) is 15.9. The fraction of sp³-hybridized carbons (Fsp3) is 0.400. The van der Waals surface area contributed by atoms with E-state index in [0.29, 0.717) is 13.0 Å². The van der Waals surface area contributed by atoms with Gasteiger partial charge in [0.05, 0.1) is 5.92 Å². The van der Waals surface area contributed by atoms with E-state index in [1.165, 1.54) is 11.1 Å². The Hall–Kier alpha value is -3.35. The zero-order valence-corrected chi connectivity index (χ0v) is 18.2. The molecule has 4 atom stereocenters. The fourth-order valence-corrected chi connectivity index (χ4v) is 4.33. The number of carboxylic acids is 1. The minimum atomic E-state index is -0.943. The topological polar surface area (TPSA) is 105 Å². The van der Waals surface area contributed by atoms with E-state index in [4.69, 9.17) is 9.84 Å². The van der Waals surface area contributed by atoms with Crippen molar-refractivity contribution in [1.29, 1.82) is 0 Å². The number of ether oxygens (including phenoxy) is 1. The standard InChI is InChI=1S/C25H28N2O5/c1-14(24(29)30)15(2)27-23(28)21-11-16(21)12-26-25(31)32-13-22-19-9-5-3-7-17(19)18-8-4-6-10-20(18)22/h3-10,14-16,21-22H,11-13H2,1-2H3,(H,26,31)(H,27,28)(H,29,30). The maximum atomic E-state index is 12.3. The molecule has 0 radical (unpaired) electrons. The monoisotopic (exact) mass is 436 g/mol. The van der Waals surface area contributed by atoms with Crippen LogP contribution in [0.5, 0.6) is 0 Å². The highest BCUT2D eigenvalue weighted by Gasteiger charge is 2.43. The molecule has 3 N–H and O–H groups in total. The van der Waals surface area contributed by atoms with Gasteiger partial charge in [-0.2, -0.15) is 0 Å². The van der Waals surface area contributed by atoms with Gasteiger partial charge >= 0.3 is 12.1 Å². The molecule has 4 rings (SSSR count). The van der Waals surface area contributed by atoms with E-state index in [-0.39, 0.29) is 30.3 Å². The van der Waals surface area contributed by atoms with Crippen LogP contribution in [0, 0.1) is 17.8 Å². The molecule has 0 heterocycles. The number of carbonyl (C=O) groups is 3. The van der Waals surface area contributed by atoms with Crippen molar-refractivity contribution in [3.05, 3.63) is 59.7 Å². The number of alkyl carbamates (subject to hydrolysis) is 1. The molecule has 0 aliphatic heterocycles. The third-order valence-corrected chi connectivity index (χ3v) is 6.62. The van der Waals surface area contributed by atoms with Gasteiger partial charge in [-0.3, -0.25) is 9.59 Å². The number of hydrogen-bond donors (Lipinski definition) is 3. The van der Waals surface area contributed by atoms with E-state index in [2.05, 4.69) is 34.9 Å². The summed E-state index contributed by atoms with van der Waals surface area (Å²) in [4.78, 5) is 35.6. The number of nitrogens with one attached hydrogen (secondary N) is 2. The number of fused-ring (bicyclic) bond motifs is 3. The highest BCUT2D eigenvalue weighted by Crippen LogP contribution is 2.44. The molecule has 1 saturated carbocycles. The SMILES string of the molecule is CC(NC(=O)C1CC1CNC(=O)OCC1c2ccccc2-c2ccccc21)C(C)C(=O)O. The molecule has 32 heavy (non-hydrogen) atoms. The molecule has 7 nitrogen and oxygen atoms in total. The zero-order chi connectivity index (χ0) is 22.8. The minimum absolute atomic E-state index is 0.00492. The van der Waals surface area contributed by atoms with Gasteiger partial charge in [-0.05, 0) is 48.4 Å². The van der Waals surface area contributed by atoms with Crippen LogP contribution in [0.2, 0.25) is 0 Å². The van der Waals surface area contributed by atoms with Gasteiger partial charge in [0, 0.05) is 24.4 Å². The first-order valence-corrected chi connectivity index (χ1v) is 11.0. The number of carboxylic acid groups (broad SMARTS) is 1. The Balaban J connectivity index is 1.24. The average Bonchev–Trinajstić information content (AvgIpc) is 3.51. The first-order chi connectivity index (χ1) is 15.4. The molecule has 0 saturated heterocycles. The van der Waals surface area contributed by atoms with Gasteiger partial charge < -0.3 is 20.5 Å². The lowest BCUT2D eigenvalue weighted by Gasteiger charge is -2.17. The molecule has 2 aliphatic rings. The maximum Gasteiger partial charge on any atom is 0.407 e. The van der Waals surface area contributed by atoms with Crippen molar-refractivity contribution < 1.29 is 24.2 Å². The van der Waals surface area contributed by atoms with Crippen molar-refractivity contribution in [3.8, 4) is 11.1 Å². The van der Waals surface area contributed by atoms with Crippen LogP contribution in [-0.2, 0) is 14.3 Å². The Labute approximate surface area is 187 Å². The van der Waals surface area contributed by atoms with Gasteiger partial charge in [0.2, 0.25) is 5.91 Å². The van der Waals surface area contributed by atoms with Crippen LogP contribution in [-0.4, -0.2) is 42.3 Å². The van der Waals surface area contributed by atoms with Gasteiger partial charge in [0.15, 0.2) is 0 Å². The molecule has 0 aromatic heterocycles. The second-order valence-corrected chi connectivity index (χ2v) is 8.73. The molecule has 0 bridgehead atoms. The predicted molar refractivity (Wildman–Crippen MR) is 119 cm³/mol. The van der Waals surface area contributed by atoms with Crippen molar-refractivity contribution in [2.45, 2.75) is 32.2 Å². The minimum Gasteiger partial charge on any atom is -0.481 e. The van der Waals surface area contributed by atoms with Crippen molar-refractivity contribution in [2.24, 2.45) is 17.8 Å². The first-order valence-electron chi connectivity index (χ1n) is 11.0. The summed E-state index contributed by atoms with van der Waals surface area (Å²) in [5.74, 6) is -1.91. The lowest BCUT2D eigenvalue weighted by Crippen LogP contribution is -2.41. The second kappa shape index (κ2) is 9.02. The summed E-state index contributed by atoms with van der Waals surface area (Å²) in [6.07, 6.45) is 0.176. The lowest BCUT2D eigenvalue weighted by atomic mass is 9.98. The smallest absolute Gasteiger partial charge is 0.407 e. The Morgan fingerprint density at radius 2 is 1.62 bits per heavy atom. The van der Waals surface area contributed by atoms with Gasteiger partial charge in [0.1, 0.15) is 6.61 Å². The number of amides is 2. The molecule has 4 unspecified atom stereocenters.